The molecule has 0 bridgehead atoms. The molecule has 4 heteroatoms. The van der Waals surface area contributed by atoms with Crippen molar-refractivity contribution in [3.8, 4) is 0 Å². The van der Waals surface area contributed by atoms with E-state index in [-0.39, 0.29) is 18.6 Å². The molecule has 0 aromatic heterocycles. The van der Waals surface area contributed by atoms with Crippen molar-refractivity contribution in [3.63, 3.8) is 0 Å². The van der Waals surface area contributed by atoms with Gasteiger partial charge in [-0.2, -0.15) is 0 Å². The predicted octanol–water partition coefficient (Wildman–Crippen LogP) is 2.09. The molecule has 1 fully saturated rings. The summed E-state index contributed by atoms with van der Waals surface area (Å²) in [7, 11) is 0. The van der Waals surface area contributed by atoms with Crippen LogP contribution in [-0.4, -0.2) is 30.0 Å². The fourth-order valence-electron chi connectivity index (χ4n) is 1.75. The fraction of sp³-hybridized carbons (Fsp3) is 0.909. The van der Waals surface area contributed by atoms with Crippen LogP contribution in [0.3, 0.4) is 0 Å². The topological polar surface area (TPSA) is 38.3 Å². The lowest BCUT2D eigenvalue weighted by molar-refractivity contribution is -0.127. The van der Waals surface area contributed by atoms with E-state index in [4.69, 9.17) is 4.74 Å². The molecule has 0 radical (unpaired) electrons. The third-order valence-electron chi connectivity index (χ3n) is 2.61. The molecule has 1 rings (SSSR count). The molecule has 88 valence electrons. The van der Waals surface area contributed by atoms with E-state index in [0.717, 1.165) is 6.54 Å². The number of carbonyl (C=O) groups is 1. The van der Waals surface area contributed by atoms with Gasteiger partial charge in [-0.3, -0.25) is 4.79 Å². The van der Waals surface area contributed by atoms with E-state index >= 15 is 0 Å². The van der Waals surface area contributed by atoms with E-state index in [1.807, 2.05) is 13.8 Å². The van der Waals surface area contributed by atoms with Gasteiger partial charge in [0.25, 0.3) is 0 Å². The molecule has 0 aromatic carbocycles. The zero-order chi connectivity index (χ0) is 11.3. The van der Waals surface area contributed by atoms with Crippen LogP contribution in [0.5, 0.6) is 0 Å². The number of rotatable bonds is 5. The van der Waals surface area contributed by atoms with Crippen LogP contribution in [0, 0.1) is 5.92 Å². The minimum atomic E-state index is 0.00159. The molecule has 3 nitrogen and oxygen atoms in total. The quantitative estimate of drug-likeness (QED) is 0.782. The van der Waals surface area contributed by atoms with Gasteiger partial charge in [0.1, 0.15) is 6.61 Å². The molecule has 15 heavy (non-hydrogen) atoms. The lowest BCUT2D eigenvalue weighted by Crippen LogP contribution is -2.32. The van der Waals surface area contributed by atoms with E-state index in [0.29, 0.717) is 10.7 Å². The molecule has 1 aliphatic carbocycles. The summed E-state index contributed by atoms with van der Waals surface area (Å²) in [6.07, 6.45) is 3.73. The average Bonchev–Trinajstić information content (AvgIpc) is 2.58. The molecule has 1 N–H and O–H groups in total. The maximum atomic E-state index is 11.3. The lowest BCUT2D eigenvalue weighted by Gasteiger charge is -2.12. The molecule has 0 aromatic rings. The highest BCUT2D eigenvalue weighted by molar-refractivity contribution is 9.09. The van der Waals surface area contributed by atoms with Crippen molar-refractivity contribution in [1.82, 2.24) is 5.32 Å². The molecule has 2 unspecified atom stereocenters. The molecule has 1 amide bonds. The van der Waals surface area contributed by atoms with Gasteiger partial charge in [-0.15, -0.1) is 0 Å². The highest BCUT2D eigenvalue weighted by Gasteiger charge is 2.22. The van der Waals surface area contributed by atoms with Crippen LogP contribution < -0.4 is 5.32 Å². The van der Waals surface area contributed by atoms with Crippen LogP contribution in [0.4, 0.5) is 0 Å². The van der Waals surface area contributed by atoms with Gasteiger partial charge in [-0.25, -0.2) is 0 Å². The number of carbonyl (C=O) groups excluding carboxylic acids is 1. The van der Waals surface area contributed by atoms with Gasteiger partial charge >= 0.3 is 0 Å². The lowest BCUT2D eigenvalue weighted by atomic mass is 10.1. The summed E-state index contributed by atoms with van der Waals surface area (Å²) in [5.41, 5.74) is 0. The first-order chi connectivity index (χ1) is 7.08. The highest BCUT2D eigenvalue weighted by atomic mass is 79.9. The molecular weight excluding hydrogens is 258 g/mol. The minimum Gasteiger partial charge on any atom is -0.369 e. The van der Waals surface area contributed by atoms with Crippen LogP contribution in [-0.2, 0) is 9.53 Å². The van der Waals surface area contributed by atoms with Gasteiger partial charge in [0.2, 0.25) is 5.91 Å². The van der Waals surface area contributed by atoms with Gasteiger partial charge in [0.05, 0.1) is 6.10 Å². The summed E-state index contributed by atoms with van der Waals surface area (Å²) in [5, 5.41) is 2.92. The maximum absolute atomic E-state index is 11.3. The number of alkyl halides is 1. The van der Waals surface area contributed by atoms with E-state index in [1.165, 1.54) is 19.3 Å². The Labute approximate surface area is 100 Å². The summed E-state index contributed by atoms with van der Waals surface area (Å²) in [5.74, 6) is 0.638. The van der Waals surface area contributed by atoms with E-state index in [9.17, 15) is 4.79 Å². The maximum Gasteiger partial charge on any atom is 0.246 e. The summed E-state index contributed by atoms with van der Waals surface area (Å²) in [6.45, 7) is 4.84. The van der Waals surface area contributed by atoms with Gasteiger partial charge in [0, 0.05) is 11.4 Å². The van der Waals surface area contributed by atoms with Gasteiger partial charge in [-0.1, -0.05) is 15.9 Å². The van der Waals surface area contributed by atoms with E-state index in [1.54, 1.807) is 0 Å². The van der Waals surface area contributed by atoms with Gasteiger partial charge in [-0.05, 0) is 39.0 Å². The Hall–Kier alpha value is -0.0900. The van der Waals surface area contributed by atoms with Crippen LogP contribution in [0.15, 0.2) is 0 Å². The summed E-state index contributed by atoms with van der Waals surface area (Å²) in [6, 6.07) is 0. The zero-order valence-electron chi connectivity index (χ0n) is 9.46. The molecule has 0 aliphatic heterocycles. The smallest absolute Gasteiger partial charge is 0.246 e. The van der Waals surface area contributed by atoms with Crippen LogP contribution in [0.1, 0.15) is 33.1 Å². The Morgan fingerprint density at radius 3 is 2.80 bits per heavy atom. The van der Waals surface area contributed by atoms with Crippen molar-refractivity contribution in [1.29, 1.82) is 0 Å². The predicted molar refractivity (Wildman–Crippen MR) is 64.2 cm³/mol. The van der Waals surface area contributed by atoms with E-state index in [2.05, 4.69) is 21.2 Å². The monoisotopic (exact) mass is 277 g/mol. The van der Waals surface area contributed by atoms with Crippen molar-refractivity contribution < 1.29 is 9.53 Å². The second-order valence-electron chi connectivity index (χ2n) is 4.44. The third-order valence-corrected chi connectivity index (χ3v) is 3.44. The van der Waals surface area contributed by atoms with Crippen molar-refractivity contribution >= 4 is 21.8 Å². The largest absolute Gasteiger partial charge is 0.369 e. The Balaban J connectivity index is 2.06. The first kappa shape index (κ1) is 13.0. The molecule has 0 heterocycles. The van der Waals surface area contributed by atoms with Crippen LogP contribution in [0.2, 0.25) is 0 Å². The molecular formula is C11H20BrNO2. The first-order valence-corrected chi connectivity index (χ1v) is 6.52. The summed E-state index contributed by atoms with van der Waals surface area (Å²) < 4.78 is 5.22. The molecule has 0 spiro atoms. The van der Waals surface area contributed by atoms with E-state index < -0.39 is 0 Å². The fourth-order valence-corrected chi connectivity index (χ4v) is 2.54. The van der Waals surface area contributed by atoms with Gasteiger partial charge in [0.15, 0.2) is 0 Å². The third kappa shape index (κ3) is 5.52. The average molecular weight is 278 g/mol. The Bertz CT molecular complexity index is 209. The number of nitrogens with one attached hydrogen (secondary N) is 1. The highest BCUT2D eigenvalue weighted by Crippen LogP contribution is 2.29. The van der Waals surface area contributed by atoms with Crippen LogP contribution in [0.25, 0.3) is 0 Å². The SMILES string of the molecule is CC(C)OCC(=O)NCC1CCC(Br)C1. The number of amides is 1. The second-order valence-corrected chi connectivity index (χ2v) is 5.74. The summed E-state index contributed by atoms with van der Waals surface area (Å²) in [4.78, 5) is 12.0. The van der Waals surface area contributed by atoms with Gasteiger partial charge < -0.3 is 10.1 Å². The normalized spacial score (nSPS) is 25.9. The second kappa shape index (κ2) is 6.48. The zero-order valence-corrected chi connectivity index (χ0v) is 11.0. The minimum absolute atomic E-state index is 0.00159. The molecule has 1 aliphatic rings. The van der Waals surface area contributed by atoms with Crippen molar-refractivity contribution in [3.05, 3.63) is 0 Å². The van der Waals surface area contributed by atoms with Crippen molar-refractivity contribution in [2.75, 3.05) is 13.2 Å². The Morgan fingerprint density at radius 2 is 2.27 bits per heavy atom. The summed E-state index contributed by atoms with van der Waals surface area (Å²) >= 11 is 3.60. The van der Waals surface area contributed by atoms with Crippen molar-refractivity contribution in [2.45, 2.75) is 44.0 Å². The Morgan fingerprint density at radius 1 is 1.53 bits per heavy atom. The molecule has 1 saturated carbocycles. The molecule has 0 saturated heterocycles. The number of ether oxygens (including phenoxy) is 1. The first-order valence-electron chi connectivity index (χ1n) is 5.60. The molecule has 2 atom stereocenters. The van der Waals surface area contributed by atoms with Crippen molar-refractivity contribution in [2.24, 2.45) is 5.92 Å². The number of hydrogen-bond acceptors (Lipinski definition) is 2. The number of halogens is 1. The standard InChI is InChI=1S/C11H20BrNO2/c1-8(2)15-7-11(14)13-6-9-3-4-10(12)5-9/h8-10H,3-7H2,1-2H3,(H,13,14). The number of hydrogen-bond donors (Lipinski definition) is 1. The Kier molecular flexibility index (Phi) is 5.61. The van der Waals surface area contributed by atoms with Crippen LogP contribution >= 0.6 is 15.9 Å².